The average Bonchev–Trinajstić information content (AvgIpc) is 2.64. The molecule has 3 heterocycles. The molecule has 7 heteroatoms. The van der Waals surface area contributed by atoms with Gasteiger partial charge in [-0.3, -0.25) is 19.4 Å². The topological polar surface area (TPSA) is 56.8 Å². The summed E-state index contributed by atoms with van der Waals surface area (Å²) >= 11 is 0. The van der Waals surface area contributed by atoms with Gasteiger partial charge in [0.1, 0.15) is 5.82 Å². The van der Waals surface area contributed by atoms with E-state index in [1.54, 1.807) is 13.1 Å². The average molecular weight is 376 g/mol. The molecule has 26 heavy (non-hydrogen) atoms. The molecule has 142 valence electrons. The van der Waals surface area contributed by atoms with Gasteiger partial charge >= 0.3 is 0 Å². The monoisotopic (exact) mass is 376 g/mol. The van der Waals surface area contributed by atoms with E-state index in [1.807, 2.05) is 12.1 Å². The van der Waals surface area contributed by atoms with Gasteiger partial charge in [-0.2, -0.15) is 0 Å². The van der Waals surface area contributed by atoms with Gasteiger partial charge in [-0.05, 0) is 50.9 Å². The summed E-state index contributed by atoms with van der Waals surface area (Å²) in [6.07, 6.45) is 4.05. The molecule has 2 aliphatic rings. The van der Waals surface area contributed by atoms with Crippen molar-refractivity contribution in [2.45, 2.75) is 19.8 Å². The van der Waals surface area contributed by atoms with E-state index in [0.717, 1.165) is 57.5 Å². The van der Waals surface area contributed by atoms with Crippen molar-refractivity contribution < 1.29 is 9.59 Å². The minimum Gasteiger partial charge on any atom is -0.354 e. The number of piperidine rings is 1. The Hall–Kier alpha value is -1.36. The lowest BCUT2D eigenvalue weighted by Gasteiger charge is -2.39. The number of hydrogen-bond acceptors (Lipinski definition) is 6. The maximum Gasteiger partial charge on any atom is 0.162 e. The van der Waals surface area contributed by atoms with Gasteiger partial charge in [-0.15, -0.1) is 0 Å². The van der Waals surface area contributed by atoms with Crippen molar-refractivity contribution in [1.82, 2.24) is 14.8 Å². The van der Waals surface area contributed by atoms with E-state index < -0.39 is 0 Å². The molecule has 6 nitrogen and oxygen atoms in total. The number of hydrogen-bond donors (Lipinski definition) is 0. The van der Waals surface area contributed by atoms with Gasteiger partial charge in [0.15, 0.2) is 11.3 Å². The first-order chi connectivity index (χ1) is 12.5. The summed E-state index contributed by atoms with van der Waals surface area (Å²) in [6.45, 7) is 9.45. The molecule has 1 aromatic heterocycles. The van der Waals surface area contributed by atoms with Crippen molar-refractivity contribution >= 4 is 26.4 Å². The number of likely N-dealkylation sites (tertiary alicyclic amines) is 1. The van der Waals surface area contributed by atoms with Gasteiger partial charge in [0.2, 0.25) is 0 Å². The van der Waals surface area contributed by atoms with Crippen molar-refractivity contribution in [3.05, 3.63) is 23.9 Å². The lowest BCUT2D eigenvalue weighted by molar-refractivity contribution is -0.112. The first-order valence-electron chi connectivity index (χ1n) is 9.46. The van der Waals surface area contributed by atoms with Crippen LogP contribution >= 0.6 is 9.24 Å². The molecule has 0 radical (unpaired) electrons. The number of aromatic nitrogens is 1. The third-order valence-corrected chi connectivity index (χ3v) is 5.64. The molecule has 2 fully saturated rings. The van der Waals surface area contributed by atoms with Gasteiger partial charge in [0.25, 0.3) is 0 Å². The number of nitrogens with zero attached hydrogens (tertiary/aromatic N) is 4. The predicted octanol–water partition coefficient (Wildman–Crippen LogP) is 1.52. The lowest BCUT2D eigenvalue weighted by Crippen LogP contribution is -2.49. The van der Waals surface area contributed by atoms with E-state index in [-0.39, 0.29) is 11.3 Å². The number of piperazine rings is 1. The van der Waals surface area contributed by atoms with Crippen molar-refractivity contribution in [3.63, 3.8) is 0 Å². The number of Topliss-reactive ketones (excluding diaryl/α,β-unsaturated/α-hetero) is 1. The molecule has 2 saturated heterocycles. The number of carbonyl (C=O) groups is 2. The standard InChI is InChI=1S/C19H29N4O2P/c1-15(24)17-2-3-18(20-12-17)23-10-8-22(9-11-23)13-16-4-6-21(7-5-16)14-19(25)26/h2-3,12,16H,4-11,13-14,26H2,1H3. The SMILES string of the molecule is CC(=O)c1ccc(N2CCN(CC3CCN(CC(=O)P)CC3)CC2)nc1. The fourth-order valence-corrected chi connectivity index (χ4v) is 4.11. The molecule has 1 aromatic rings. The third-order valence-electron chi connectivity index (χ3n) is 5.45. The summed E-state index contributed by atoms with van der Waals surface area (Å²) in [5.41, 5.74) is 0.853. The van der Waals surface area contributed by atoms with Crippen LogP contribution in [-0.2, 0) is 4.79 Å². The van der Waals surface area contributed by atoms with E-state index >= 15 is 0 Å². The number of anilines is 1. The lowest BCUT2D eigenvalue weighted by atomic mass is 9.96. The van der Waals surface area contributed by atoms with E-state index in [4.69, 9.17) is 0 Å². The maximum atomic E-state index is 11.4. The molecule has 0 aliphatic carbocycles. The summed E-state index contributed by atoms with van der Waals surface area (Å²) in [4.78, 5) is 34.1. The number of rotatable bonds is 6. The van der Waals surface area contributed by atoms with Crippen LogP contribution in [0.4, 0.5) is 5.82 Å². The Bertz CT molecular complexity index is 621. The van der Waals surface area contributed by atoms with E-state index in [1.165, 1.54) is 12.8 Å². The van der Waals surface area contributed by atoms with Gasteiger partial charge in [-0.25, -0.2) is 4.98 Å². The molecule has 0 aromatic carbocycles. The minimum absolute atomic E-state index is 0.0574. The molecule has 0 N–H and O–H groups in total. The molecule has 0 saturated carbocycles. The highest BCUT2D eigenvalue weighted by atomic mass is 31.0. The van der Waals surface area contributed by atoms with E-state index in [9.17, 15) is 9.59 Å². The summed E-state index contributed by atoms with van der Waals surface area (Å²) in [5, 5.41) is 0. The van der Waals surface area contributed by atoms with Crippen LogP contribution in [-0.4, -0.2) is 78.4 Å². The zero-order valence-corrected chi connectivity index (χ0v) is 16.7. The number of ketones is 1. The highest BCUT2D eigenvalue weighted by Crippen LogP contribution is 2.20. The number of pyridine rings is 1. The van der Waals surface area contributed by atoms with Crippen molar-refractivity contribution in [3.8, 4) is 0 Å². The maximum absolute atomic E-state index is 11.4. The molecule has 1 atom stereocenters. The van der Waals surface area contributed by atoms with E-state index in [2.05, 4.69) is 28.9 Å². The Balaban J connectivity index is 1.41. The van der Waals surface area contributed by atoms with E-state index in [0.29, 0.717) is 12.1 Å². The Kier molecular flexibility index (Phi) is 6.74. The second-order valence-electron chi connectivity index (χ2n) is 7.43. The van der Waals surface area contributed by atoms with Gasteiger partial charge in [0, 0.05) is 44.5 Å². The van der Waals surface area contributed by atoms with Crippen LogP contribution in [0.3, 0.4) is 0 Å². The van der Waals surface area contributed by atoms with Crippen LogP contribution in [0.1, 0.15) is 30.1 Å². The molecule has 2 aliphatic heterocycles. The molecule has 3 rings (SSSR count). The largest absolute Gasteiger partial charge is 0.354 e. The number of carbonyl (C=O) groups excluding carboxylic acids is 2. The van der Waals surface area contributed by atoms with Crippen LogP contribution < -0.4 is 4.90 Å². The zero-order chi connectivity index (χ0) is 18.5. The Morgan fingerprint density at radius 2 is 1.77 bits per heavy atom. The molecule has 1 unspecified atom stereocenters. The first-order valence-corrected chi connectivity index (χ1v) is 10.0. The fraction of sp³-hybridized carbons (Fsp3) is 0.632. The van der Waals surface area contributed by atoms with Crippen molar-refractivity contribution in [2.24, 2.45) is 5.92 Å². The second kappa shape index (κ2) is 9.03. The van der Waals surface area contributed by atoms with Crippen LogP contribution in [0.25, 0.3) is 0 Å². The normalized spacial score (nSPS) is 20.3. The quantitative estimate of drug-likeness (QED) is 0.554. The van der Waals surface area contributed by atoms with Crippen LogP contribution in [0.15, 0.2) is 18.3 Å². The fourth-order valence-electron chi connectivity index (χ4n) is 3.85. The highest BCUT2D eigenvalue weighted by Gasteiger charge is 2.24. The summed E-state index contributed by atoms with van der Waals surface area (Å²) in [5.74, 6) is 1.76. The minimum atomic E-state index is 0.0574. The Labute approximate surface area is 158 Å². The van der Waals surface area contributed by atoms with Gasteiger partial charge in [0.05, 0.1) is 6.54 Å². The smallest absolute Gasteiger partial charge is 0.162 e. The molecular weight excluding hydrogens is 347 g/mol. The summed E-state index contributed by atoms with van der Waals surface area (Å²) in [6, 6.07) is 3.82. The summed E-state index contributed by atoms with van der Waals surface area (Å²) in [7, 11) is 2.27. The van der Waals surface area contributed by atoms with Crippen LogP contribution in [0.2, 0.25) is 0 Å². The molecule has 0 bridgehead atoms. The van der Waals surface area contributed by atoms with Crippen LogP contribution in [0.5, 0.6) is 0 Å². The first kappa shape index (κ1) is 19.4. The molecule has 0 amide bonds. The third kappa shape index (κ3) is 5.32. The molecular formula is C19H29N4O2P. The van der Waals surface area contributed by atoms with Crippen LogP contribution in [0, 0.1) is 5.92 Å². The summed E-state index contributed by atoms with van der Waals surface area (Å²) < 4.78 is 0. The second-order valence-corrected chi connectivity index (χ2v) is 8.08. The molecule has 0 spiro atoms. The highest BCUT2D eigenvalue weighted by molar-refractivity contribution is 7.40. The van der Waals surface area contributed by atoms with Gasteiger partial charge in [-0.1, -0.05) is 9.24 Å². The Morgan fingerprint density at radius 3 is 2.31 bits per heavy atom. The van der Waals surface area contributed by atoms with Gasteiger partial charge < -0.3 is 4.90 Å². The predicted molar refractivity (Wildman–Crippen MR) is 107 cm³/mol. The van der Waals surface area contributed by atoms with Crippen molar-refractivity contribution in [2.75, 3.05) is 57.3 Å². The van der Waals surface area contributed by atoms with Crippen molar-refractivity contribution in [1.29, 1.82) is 0 Å². The zero-order valence-electron chi connectivity index (χ0n) is 15.6. The Morgan fingerprint density at radius 1 is 1.08 bits per heavy atom.